The zero-order chi connectivity index (χ0) is 13.8. The summed E-state index contributed by atoms with van der Waals surface area (Å²) < 4.78 is 10.8. The highest BCUT2D eigenvalue weighted by Crippen LogP contribution is 2.28. The first-order valence-corrected chi connectivity index (χ1v) is 7.05. The zero-order valence-corrected chi connectivity index (χ0v) is 12.6. The summed E-state index contributed by atoms with van der Waals surface area (Å²) in [6.45, 7) is 2.04. The van der Waals surface area contributed by atoms with Gasteiger partial charge in [0.25, 0.3) is 0 Å². The molecule has 1 aliphatic rings. The van der Waals surface area contributed by atoms with Crippen LogP contribution >= 0.6 is 12.4 Å². The summed E-state index contributed by atoms with van der Waals surface area (Å²) in [7, 11) is 0. The quantitative estimate of drug-likeness (QED) is 0.796. The van der Waals surface area contributed by atoms with Gasteiger partial charge in [0.15, 0.2) is 0 Å². The van der Waals surface area contributed by atoms with Gasteiger partial charge in [-0.15, -0.1) is 12.4 Å². The zero-order valence-electron chi connectivity index (χ0n) is 11.8. The molecule has 21 heavy (non-hydrogen) atoms. The first-order chi connectivity index (χ1) is 9.85. The average molecular weight is 310 g/mol. The van der Waals surface area contributed by atoms with Gasteiger partial charge in [-0.05, 0) is 24.3 Å². The van der Waals surface area contributed by atoms with Crippen LogP contribution in [-0.4, -0.2) is 23.4 Å². The Bertz CT molecular complexity index is 552. The molecule has 6 heteroatoms. The summed E-state index contributed by atoms with van der Waals surface area (Å²) in [6.07, 6.45) is 3.29. The summed E-state index contributed by atoms with van der Waals surface area (Å²) >= 11 is 0. The molecule has 3 rings (SSSR count). The second kappa shape index (κ2) is 7.54. The van der Waals surface area contributed by atoms with E-state index in [1.807, 2.05) is 24.3 Å². The van der Waals surface area contributed by atoms with Crippen LogP contribution in [0.5, 0.6) is 0 Å². The average Bonchev–Trinajstić information content (AvgIpc) is 3.20. The van der Waals surface area contributed by atoms with Crippen LogP contribution < -0.4 is 5.73 Å². The third kappa shape index (κ3) is 4.52. The van der Waals surface area contributed by atoms with Crippen LogP contribution in [0.15, 0.2) is 28.8 Å². The molecule has 0 saturated heterocycles. The third-order valence-corrected chi connectivity index (χ3v) is 3.43. The fourth-order valence-corrected chi connectivity index (χ4v) is 1.96. The van der Waals surface area contributed by atoms with Crippen molar-refractivity contribution in [2.75, 3.05) is 13.2 Å². The van der Waals surface area contributed by atoms with E-state index >= 15 is 0 Å². The predicted molar refractivity (Wildman–Crippen MR) is 82.1 cm³/mol. The molecule has 2 aromatic rings. The molecule has 0 spiro atoms. The van der Waals surface area contributed by atoms with Crippen molar-refractivity contribution < 1.29 is 9.26 Å². The van der Waals surface area contributed by atoms with Crippen molar-refractivity contribution in [2.45, 2.75) is 25.8 Å². The molecule has 114 valence electrons. The van der Waals surface area contributed by atoms with Crippen molar-refractivity contribution in [1.29, 1.82) is 0 Å². The molecule has 5 nitrogen and oxygen atoms in total. The van der Waals surface area contributed by atoms with E-state index < -0.39 is 0 Å². The lowest BCUT2D eigenvalue weighted by atomic mass is 10.1. The van der Waals surface area contributed by atoms with E-state index in [1.165, 1.54) is 12.8 Å². The molecule has 0 amide bonds. The number of nitrogens with zero attached hydrogens (tertiary/aromatic N) is 2. The minimum absolute atomic E-state index is 0. The van der Waals surface area contributed by atoms with Crippen molar-refractivity contribution >= 4 is 12.4 Å². The number of hydrogen-bond acceptors (Lipinski definition) is 5. The van der Waals surface area contributed by atoms with Gasteiger partial charge < -0.3 is 15.0 Å². The van der Waals surface area contributed by atoms with Gasteiger partial charge in [0.1, 0.15) is 0 Å². The summed E-state index contributed by atoms with van der Waals surface area (Å²) in [4.78, 5) is 4.38. The molecule has 1 aliphatic carbocycles. The van der Waals surface area contributed by atoms with E-state index in [4.69, 9.17) is 15.0 Å². The van der Waals surface area contributed by atoms with E-state index in [0.717, 1.165) is 23.7 Å². The van der Waals surface area contributed by atoms with Crippen LogP contribution in [0.1, 0.15) is 24.3 Å². The van der Waals surface area contributed by atoms with Crippen LogP contribution in [0, 0.1) is 5.92 Å². The summed E-state index contributed by atoms with van der Waals surface area (Å²) in [5, 5.41) is 4.00. The smallest absolute Gasteiger partial charge is 0.229 e. The Morgan fingerprint density at radius 1 is 1.24 bits per heavy atom. The Morgan fingerprint density at radius 2 is 2.00 bits per heavy atom. The largest absolute Gasteiger partial charge is 0.381 e. The monoisotopic (exact) mass is 309 g/mol. The van der Waals surface area contributed by atoms with Crippen LogP contribution in [0.2, 0.25) is 0 Å². The maximum Gasteiger partial charge on any atom is 0.229 e. The van der Waals surface area contributed by atoms with Crippen molar-refractivity contribution in [2.24, 2.45) is 11.7 Å². The van der Waals surface area contributed by atoms with Crippen molar-refractivity contribution in [1.82, 2.24) is 10.1 Å². The number of rotatable bonds is 7. The highest BCUT2D eigenvalue weighted by atomic mass is 35.5. The summed E-state index contributed by atoms with van der Waals surface area (Å²) in [5.74, 6) is 2.03. The number of hydrogen-bond donors (Lipinski definition) is 1. The summed E-state index contributed by atoms with van der Waals surface area (Å²) in [6, 6.07) is 7.87. The standard InChI is InChI=1S/C15H19N3O2.ClH/c16-9-11-3-5-13(6-4-11)15-17-14(20-18-15)7-8-19-10-12-1-2-12;/h3-6,12H,1-2,7-10,16H2;1H. The third-order valence-electron chi connectivity index (χ3n) is 3.43. The van der Waals surface area contributed by atoms with Gasteiger partial charge in [-0.25, -0.2) is 0 Å². The maximum absolute atomic E-state index is 5.57. The molecule has 1 fully saturated rings. The fourth-order valence-electron chi connectivity index (χ4n) is 1.96. The van der Waals surface area contributed by atoms with Crippen LogP contribution in [0.3, 0.4) is 0 Å². The molecule has 1 heterocycles. The van der Waals surface area contributed by atoms with Crippen molar-refractivity contribution in [3.8, 4) is 11.4 Å². The molecule has 0 atom stereocenters. The van der Waals surface area contributed by atoms with Crippen LogP contribution in [0.25, 0.3) is 11.4 Å². The number of ether oxygens (including phenoxy) is 1. The molecule has 0 radical (unpaired) electrons. The van der Waals surface area contributed by atoms with E-state index in [-0.39, 0.29) is 12.4 Å². The first kappa shape index (κ1) is 15.9. The van der Waals surface area contributed by atoms with Gasteiger partial charge in [-0.1, -0.05) is 29.4 Å². The van der Waals surface area contributed by atoms with Crippen LogP contribution in [-0.2, 0) is 17.7 Å². The molecular weight excluding hydrogens is 290 g/mol. The highest BCUT2D eigenvalue weighted by Gasteiger charge is 2.21. The lowest BCUT2D eigenvalue weighted by molar-refractivity contribution is 0.122. The second-order valence-electron chi connectivity index (χ2n) is 5.18. The fraction of sp³-hybridized carbons (Fsp3) is 0.467. The van der Waals surface area contributed by atoms with Gasteiger partial charge in [0.05, 0.1) is 13.0 Å². The van der Waals surface area contributed by atoms with Crippen molar-refractivity contribution in [3.63, 3.8) is 0 Å². The topological polar surface area (TPSA) is 74.2 Å². The highest BCUT2D eigenvalue weighted by molar-refractivity contribution is 5.85. The second-order valence-corrected chi connectivity index (χ2v) is 5.18. The predicted octanol–water partition coefficient (Wildman–Crippen LogP) is 2.59. The molecule has 0 unspecified atom stereocenters. The molecular formula is C15H20ClN3O2. The first-order valence-electron chi connectivity index (χ1n) is 7.05. The number of aromatic nitrogens is 2. The normalized spacial score (nSPS) is 14.0. The number of benzene rings is 1. The Labute approximate surface area is 130 Å². The Kier molecular flexibility index (Phi) is 5.73. The molecule has 0 aliphatic heterocycles. The Morgan fingerprint density at radius 3 is 2.67 bits per heavy atom. The Hall–Kier alpha value is -1.43. The summed E-state index contributed by atoms with van der Waals surface area (Å²) in [5.41, 5.74) is 7.60. The number of nitrogens with two attached hydrogens (primary N) is 1. The Balaban J connectivity index is 0.00000161. The van der Waals surface area contributed by atoms with E-state index in [1.54, 1.807) is 0 Å². The lowest BCUT2D eigenvalue weighted by Crippen LogP contribution is -2.01. The lowest BCUT2D eigenvalue weighted by Gasteiger charge is -1.99. The van der Waals surface area contributed by atoms with E-state index in [9.17, 15) is 0 Å². The van der Waals surface area contributed by atoms with E-state index in [2.05, 4.69) is 10.1 Å². The van der Waals surface area contributed by atoms with Crippen molar-refractivity contribution in [3.05, 3.63) is 35.7 Å². The van der Waals surface area contributed by atoms with E-state index in [0.29, 0.717) is 31.3 Å². The van der Waals surface area contributed by atoms with Gasteiger partial charge in [0, 0.05) is 18.7 Å². The van der Waals surface area contributed by atoms with Gasteiger partial charge in [-0.2, -0.15) is 4.98 Å². The number of halogens is 1. The molecule has 0 bridgehead atoms. The maximum atomic E-state index is 5.57. The minimum atomic E-state index is 0. The minimum Gasteiger partial charge on any atom is -0.381 e. The van der Waals surface area contributed by atoms with Crippen LogP contribution in [0.4, 0.5) is 0 Å². The molecule has 1 saturated carbocycles. The molecule has 1 aromatic heterocycles. The molecule has 2 N–H and O–H groups in total. The van der Waals surface area contributed by atoms with Gasteiger partial charge >= 0.3 is 0 Å². The van der Waals surface area contributed by atoms with Gasteiger partial charge in [0.2, 0.25) is 11.7 Å². The molecule has 1 aromatic carbocycles. The van der Waals surface area contributed by atoms with Gasteiger partial charge in [-0.3, -0.25) is 0 Å². The SMILES string of the molecule is Cl.NCc1ccc(-c2noc(CCOCC3CC3)n2)cc1.